The highest BCUT2D eigenvalue weighted by atomic mass is 16.5. The molecule has 10 aromatic rings. The fourth-order valence-electron chi connectivity index (χ4n) is 11.0. The van der Waals surface area contributed by atoms with Gasteiger partial charge in [-0.15, -0.1) is 0 Å². The van der Waals surface area contributed by atoms with Gasteiger partial charge >= 0.3 is 5.97 Å². The maximum Gasteiger partial charge on any atom is 0.308 e. The van der Waals surface area contributed by atoms with E-state index >= 15 is 0 Å². The van der Waals surface area contributed by atoms with E-state index in [1.54, 1.807) is 37.6 Å². The van der Waals surface area contributed by atoms with E-state index in [9.17, 15) is 4.79 Å². The first kappa shape index (κ1) is 81.7. The lowest BCUT2D eigenvalue weighted by atomic mass is 10.1. The molecule has 10 heteroatoms. The molecule has 0 aliphatic heterocycles. The molecule has 546 valence electrons. The highest BCUT2D eigenvalue weighted by Crippen LogP contribution is 2.27. The van der Waals surface area contributed by atoms with Crippen molar-refractivity contribution in [1.29, 1.82) is 0 Å². The molecule has 0 aliphatic carbocycles. The molecular formula is C95H111N5O5. The smallest absolute Gasteiger partial charge is 0.308 e. The van der Waals surface area contributed by atoms with E-state index in [0.717, 1.165) is 124 Å². The molecule has 0 saturated heterocycles. The molecule has 0 spiro atoms. The summed E-state index contributed by atoms with van der Waals surface area (Å²) in [6, 6.07) is 84.9. The second-order valence-electron chi connectivity index (χ2n) is 26.0. The second-order valence-corrected chi connectivity index (χ2v) is 26.0. The lowest BCUT2D eigenvalue weighted by Crippen LogP contribution is -2.00. The minimum atomic E-state index is -0.334. The standard InChI is InChI=1S/C27H39NO.C26H20N2.C26H37NO.C16H15NO3/c1-3-5-7-8-9-10-11-12-22-29-27-20-16-25(17-21-27)23-28-26-18-14-24(15-19-26)13-6-4-2;1-3-7-21(8-4-1)19-27-25-15-11-23(12-16-25)24-13-17-26(18-14-24)28-20-22-9-5-2-6-10-22;1-3-5-7-8-9-10-11-21-28-26-19-15-24(16-20-26)22-27-25-17-13-23(14-18-25)12-6-4-2;1-12(18)20-16-9-5-14(6-10-16)17-11-13-3-7-15(19-2)8-4-13/h14-21,23H,3-13,22H2,1-2H3;1-20H;13-20,22H,3-12,21H2,1-2H3;3-11H,1-2H3. The molecule has 10 rings (SSSR count). The number of carbonyl (C=O) groups excluding carboxylic acids is 1. The number of aliphatic imine (C=N–C) groups is 5. The summed E-state index contributed by atoms with van der Waals surface area (Å²) >= 11 is 0. The van der Waals surface area contributed by atoms with E-state index in [4.69, 9.17) is 18.9 Å². The number of aryl methyl sites for hydroxylation is 2. The third kappa shape index (κ3) is 35.0. The fourth-order valence-corrected chi connectivity index (χ4v) is 11.0. The number of nitrogens with zero attached hydrogens (tertiary/aromatic N) is 5. The van der Waals surface area contributed by atoms with Crippen LogP contribution in [0.2, 0.25) is 0 Å². The summed E-state index contributed by atoms with van der Waals surface area (Å²) in [5.41, 5.74) is 15.1. The molecule has 0 saturated carbocycles. The summed E-state index contributed by atoms with van der Waals surface area (Å²) in [5, 5.41) is 0. The van der Waals surface area contributed by atoms with Gasteiger partial charge in [-0.2, -0.15) is 0 Å². The Morgan fingerprint density at radius 1 is 0.286 bits per heavy atom. The highest BCUT2D eigenvalue weighted by Gasteiger charge is 2.04. The van der Waals surface area contributed by atoms with Gasteiger partial charge in [-0.25, -0.2) is 0 Å². The molecule has 0 aromatic heterocycles. The van der Waals surface area contributed by atoms with Gasteiger partial charge in [-0.1, -0.05) is 233 Å². The predicted octanol–water partition coefficient (Wildman–Crippen LogP) is 26.4. The Morgan fingerprint density at radius 2 is 0.552 bits per heavy atom. The number of benzene rings is 10. The van der Waals surface area contributed by atoms with Crippen molar-refractivity contribution < 1.29 is 23.7 Å². The van der Waals surface area contributed by atoms with Crippen LogP contribution in [0.25, 0.3) is 11.1 Å². The maximum atomic E-state index is 10.8. The van der Waals surface area contributed by atoms with Gasteiger partial charge in [0.25, 0.3) is 0 Å². The van der Waals surface area contributed by atoms with Gasteiger partial charge in [-0.05, 0) is 234 Å². The Kier molecular flexibility index (Phi) is 39.5. The van der Waals surface area contributed by atoms with E-state index < -0.39 is 0 Å². The third-order valence-electron chi connectivity index (χ3n) is 17.2. The summed E-state index contributed by atoms with van der Waals surface area (Å²) in [5.74, 6) is 2.89. The molecule has 0 atom stereocenters. The normalized spacial score (nSPS) is 11.1. The summed E-state index contributed by atoms with van der Waals surface area (Å²) < 4.78 is 21.8. The van der Waals surface area contributed by atoms with Crippen molar-refractivity contribution in [3.63, 3.8) is 0 Å². The molecule has 0 bridgehead atoms. The SMILES string of the molecule is C(=Nc1ccc(-c2ccc(N=Cc3ccccc3)cc2)cc1)c1ccccc1.CCCCCCCCCCOc1ccc(C=Nc2ccc(CCCC)cc2)cc1.CCCCCCCCCOc1ccc(C=Nc2ccc(CCCC)cc2)cc1.COc1ccc(C=Nc2ccc(OC(C)=O)cc2)cc1. The Labute approximate surface area is 628 Å². The Bertz CT molecular complexity index is 3970. The van der Waals surface area contributed by atoms with Crippen LogP contribution in [0.5, 0.6) is 23.0 Å². The number of ether oxygens (including phenoxy) is 4. The first-order chi connectivity index (χ1) is 51.7. The second kappa shape index (κ2) is 50.7. The van der Waals surface area contributed by atoms with E-state index in [2.05, 4.69) is 150 Å². The van der Waals surface area contributed by atoms with Crippen LogP contribution in [0.1, 0.15) is 196 Å². The fraction of sp³-hybridized carbons (Fsp3) is 0.305. The first-order valence-corrected chi connectivity index (χ1v) is 38.2. The summed E-state index contributed by atoms with van der Waals surface area (Å²) in [6.07, 6.45) is 36.4. The average molecular weight is 1400 g/mol. The van der Waals surface area contributed by atoms with Crippen molar-refractivity contribution in [2.75, 3.05) is 20.3 Å². The molecule has 0 fully saturated rings. The van der Waals surface area contributed by atoms with Crippen LogP contribution in [0.15, 0.2) is 280 Å². The number of hydrogen-bond donors (Lipinski definition) is 0. The topological polar surface area (TPSA) is 116 Å². The van der Waals surface area contributed by atoms with Crippen molar-refractivity contribution in [2.45, 2.75) is 169 Å². The van der Waals surface area contributed by atoms with E-state index in [0.29, 0.717) is 5.75 Å². The Morgan fingerprint density at radius 3 is 0.857 bits per heavy atom. The van der Waals surface area contributed by atoms with Crippen molar-refractivity contribution >= 4 is 65.5 Å². The van der Waals surface area contributed by atoms with Crippen LogP contribution in [0.3, 0.4) is 0 Å². The zero-order valence-corrected chi connectivity index (χ0v) is 63.2. The zero-order valence-electron chi connectivity index (χ0n) is 63.2. The monoisotopic (exact) mass is 1400 g/mol. The molecule has 10 nitrogen and oxygen atoms in total. The van der Waals surface area contributed by atoms with Crippen LogP contribution in [0.4, 0.5) is 28.4 Å². The Hall–Kier alpha value is -10.6. The number of rotatable bonds is 38. The van der Waals surface area contributed by atoms with Crippen LogP contribution in [0, 0.1) is 0 Å². The lowest BCUT2D eigenvalue weighted by molar-refractivity contribution is -0.131. The van der Waals surface area contributed by atoms with Gasteiger partial charge in [0, 0.05) is 38.0 Å². The molecule has 0 N–H and O–H groups in total. The van der Waals surface area contributed by atoms with E-state index in [1.165, 1.54) is 127 Å². The quantitative estimate of drug-likeness (QED) is 0.0165. The van der Waals surface area contributed by atoms with Crippen LogP contribution >= 0.6 is 0 Å². The third-order valence-corrected chi connectivity index (χ3v) is 17.2. The number of carbonyl (C=O) groups is 1. The van der Waals surface area contributed by atoms with Gasteiger partial charge in [0.15, 0.2) is 0 Å². The summed E-state index contributed by atoms with van der Waals surface area (Å²) in [6.45, 7) is 12.0. The van der Waals surface area contributed by atoms with E-state index in [-0.39, 0.29) is 5.97 Å². The largest absolute Gasteiger partial charge is 0.497 e. The van der Waals surface area contributed by atoms with Crippen molar-refractivity contribution in [3.8, 4) is 34.1 Å². The lowest BCUT2D eigenvalue weighted by Gasteiger charge is -2.06. The molecule has 10 aromatic carbocycles. The molecule has 0 radical (unpaired) electrons. The zero-order chi connectivity index (χ0) is 73.8. The Balaban J connectivity index is 0.000000197. The molecular weight excluding hydrogens is 1290 g/mol. The van der Waals surface area contributed by atoms with Crippen molar-refractivity contribution in [2.24, 2.45) is 25.0 Å². The molecule has 0 amide bonds. The average Bonchev–Trinajstić information content (AvgIpc) is 0.872. The van der Waals surface area contributed by atoms with Gasteiger partial charge in [0.05, 0.1) is 48.8 Å². The number of hydrogen-bond acceptors (Lipinski definition) is 10. The molecule has 0 unspecified atom stereocenters. The minimum Gasteiger partial charge on any atom is -0.497 e. The van der Waals surface area contributed by atoms with Gasteiger partial charge in [0.2, 0.25) is 0 Å². The summed E-state index contributed by atoms with van der Waals surface area (Å²) in [7, 11) is 1.63. The van der Waals surface area contributed by atoms with Gasteiger partial charge in [-0.3, -0.25) is 29.8 Å². The molecule has 0 aliphatic rings. The van der Waals surface area contributed by atoms with Gasteiger partial charge < -0.3 is 18.9 Å². The van der Waals surface area contributed by atoms with Crippen LogP contribution in [-0.4, -0.2) is 57.4 Å². The van der Waals surface area contributed by atoms with Crippen molar-refractivity contribution in [3.05, 3.63) is 294 Å². The maximum absolute atomic E-state index is 10.8. The number of unbranched alkanes of at least 4 members (excludes halogenated alkanes) is 15. The van der Waals surface area contributed by atoms with Crippen LogP contribution < -0.4 is 18.9 Å². The number of methoxy groups -OCH3 is 1. The minimum absolute atomic E-state index is 0.334. The first-order valence-electron chi connectivity index (χ1n) is 38.2. The van der Waals surface area contributed by atoms with Crippen molar-refractivity contribution in [1.82, 2.24) is 0 Å². The summed E-state index contributed by atoms with van der Waals surface area (Å²) in [4.78, 5) is 33.4. The molecule has 105 heavy (non-hydrogen) atoms. The van der Waals surface area contributed by atoms with Crippen LogP contribution in [-0.2, 0) is 17.6 Å². The predicted molar refractivity (Wildman–Crippen MR) is 446 cm³/mol. The van der Waals surface area contributed by atoms with E-state index in [1.807, 2.05) is 158 Å². The molecule has 0 heterocycles. The van der Waals surface area contributed by atoms with Gasteiger partial charge in [0.1, 0.15) is 23.0 Å². The highest BCUT2D eigenvalue weighted by molar-refractivity contribution is 5.85. The number of esters is 1.